The first-order chi connectivity index (χ1) is 8.87. The van der Waals surface area contributed by atoms with Crippen molar-refractivity contribution in [2.45, 2.75) is 39.8 Å². The molecule has 1 rings (SSSR count). The summed E-state index contributed by atoms with van der Waals surface area (Å²) in [4.78, 5) is 6.81. The third kappa shape index (κ3) is 5.21. The fourth-order valence-corrected chi connectivity index (χ4v) is 1.83. The lowest BCUT2D eigenvalue weighted by molar-refractivity contribution is 0.421. The van der Waals surface area contributed by atoms with E-state index < -0.39 is 0 Å². The normalized spacial score (nSPS) is 11.4. The van der Waals surface area contributed by atoms with Crippen molar-refractivity contribution in [3.8, 4) is 0 Å². The van der Waals surface area contributed by atoms with Crippen molar-refractivity contribution in [2.75, 3.05) is 18.0 Å². The molecule has 0 aliphatic rings. The third-order valence-electron chi connectivity index (χ3n) is 2.75. The zero-order valence-corrected chi connectivity index (χ0v) is 13.1. The highest BCUT2D eigenvalue weighted by molar-refractivity contribution is 6.31. The van der Waals surface area contributed by atoms with Crippen LogP contribution in [-0.4, -0.2) is 23.6 Å². The van der Waals surface area contributed by atoms with Crippen LogP contribution in [0.25, 0.3) is 0 Å². The van der Waals surface area contributed by atoms with Crippen molar-refractivity contribution in [1.82, 2.24) is 10.3 Å². The van der Waals surface area contributed by atoms with Crippen LogP contribution in [0.4, 0.5) is 5.82 Å². The molecular formula is C15H24ClN3. The Bertz CT molecular complexity index is 424. The van der Waals surface area contributed by atoms with Crippen LogP contribution in [0.5, 0.6) is 0 Å². The van der Waals surface area contributed by atoms with Crippen molar-refractivity contribution in [3.05, 3.63) is 35.5 Å². The molecule has 0 bridgehead atoms. The van der Waals surface area contributed by atoms with Gasteiger partial charge in [0, 0.05) is 25.2 Å². The molecule has 19 heavy (non-hydrogen) atoms. The van der Waals surface area contributed by atoms with Gasteiger partial charge >= 0.3 is 0 Å². The van der Waals surface area contributed by atoms with Crippen LogP contribution < -0.4 is 10.2 Å². The molecule has 0 spiro atoms. The monoisotopic (exact) mass is 281 g/mol. The first-order valence-electron chi connectivity index (χ1n) is 6.63. The van der Waals surface area contributed by atoms with Gasteiger partial charge < -0.3 is 10.2 Å². The van der Waals surface area contributed by atoms with Gasteiger partial charge in [0.15, 0.2) is 0 Å². The Kier molecular flexibility index (Phi) is 5.83. The van der Waals surface area contributed by atoms with E-state index in [0.29, 0.717) is 11.6 Å². The predicted octanol–water partition coefficient (Wildman–Crippen LogP) is 3.64. The molecule has 1 aromatic rings. The maximum Gasteiger partial charge on any atom is 0.129 e. The van der Waals surface area contributed by atoms with E-state index in [1.54, 1.807) is 0 Å². The SMILES string of the molecule is C=CCN(CC)c1ccc(Cl)c(CNC(C)(C)C)n1. The number of nitrogens with zero attached hydrogens (tertiary/aromatic N) is 2. The lowest BCUT2D eigenvalue weighted by atomic mass is 10.1. The van der Waals surface area contributed by atoms with Crippen LogP contribution in [0.2, 0.25) is 5.02 Å². The largest absolute Gasteiger partial charge is 0.353 e. The molecule has 3 nitrogen and oxygen atoms in total. The Hall–Kier alpha value is -1.06. The Balaban J connectivity index is 2.89. The molecule has 4 heteroatoms. The second kappa shape index (κ2) is 6.92. The van der Waals surface area contributed by atoms with Gasteiger partial charge in [-0.1, -0.05) is 17.7 Å². The molecule has 0 saturated carbocycles. The number of nitrogens with one attached hydrogen (secondary N) is 1. The van der Waals surface area contributed by atoms with Crippen LogP contribution >= 0.6 is 11.6 Å². The van der Waals surface area contributed by atoms with E-state index in [1.165, 1.54) is 0 Å². The highest BCUT2D eigenvalue weighted by atomic mass is 35.5. The van der Waals surface area contributed by atoms with Crippen molar-refractivity contribution in [3.63, 3.8) is 0 Å². The Labute approximate surface area is 121 Å². The van der Waals surface area contributed by atoms with E-state index in [0.717, 1.165) is 24.6 Å². The highest BCUT2D eigenvalue weighted by Crippen LogP contribution is 2.20. The quantitative estimate of drug-likeness (QED) is 0.807. The summed E-state index contributed by atoms with van der Waals surface area (Å²) in [6, 6.07) is 3.87. The number of rotatable bonds is 6. The minimum absolute atomic E-state index is 0.0482. The lowest BCUT2D eigenvalue weighted by Gasteiger charge is -2.23. The second-order valence-corrected chi connectivity index (χ2v) is 5.94. The first-order valence-corrected chi connectivity index (χ1v) is 7.01. The third-order valence-corrected chi connectivity index (χ3v) is 3.09. The fraction of sp³-hybridized carbons (Fsp3) is 0.533. The van der Waals surface area contributed by atoms with Crippen molar-refractivity contribution >= 4 is 17.4 Å². The summed E-state index contributed by atoms with van der Waals surface area (Å²) < 4.78 is 0. The summed E-state index contributed by atoms with van der Waals surface area (Å²) >= 11 is 6.21. The molecular weight excluding hydrogens is 258 g/mol. The topological polar surface area (TPSA) is 28.2 Å². The van der Waals surface area contributed by atoms with Crippen LogP contribution in [0.15, 0.2) is 24.8 Å². The van der Waals surface area contributed by atoms with Gasteiger partial charge in [0.1, 0.15) is 5.82 Å². The summed E-state index contributed by atoms with van der Waals surface area (Å²) in [7, 11) is 0. The highest BCUT2D eigenvalue weighted by Gasteiger charge is 2.12. The molecule has 1 aromatic heterocycles. The molecule has 0 radical (unpaired) electrons. The molecule has 1 N–H and O–H groups in total. The molecule has 0 amide bonds. The molecule has 0 aliphatic heterocycles. The van der Waals surface area contributed by atoms with Crippen molar-refractivity contribution < 1.29 is 0 Å². The molecule has 0 unspecified atom stereocenters. The van der Waals surface area contributed by atoms with Gasteiger partial charge in [-0.25, -0.2) is 4.98 Å². The number of pyridine rings is 1. The van der Waals surface area contributed by atoms with Crippen LogP contribution in [0.3, 0.4) is 0 Å². The molecule has 0 fully saturated rings. The standard InChI is InChI=1S/C15H24ClN3/c1-6-10-19(7-2)14-9-8-12(16)13(18-14)11-17-15(3,4)5/h6,8-9,17H,1,7,10-11H2,2-5H3. The zero-order chi connectivity index (χ0) is 14.5. The average Bonchev–Trinajstić information content (AvgIpc) is 2.34. The van der Waals surface area contributed by atoms with Gasteiger partial charge in [0.2, 0.25) is 0 Å². The number of hydrogen-bond acceptors (Lipinski definition) is 3. The van der Waals surface area contributed by atoms with Crippen LogP contribution in [0.1, 0.15) is 33.4 Å². The molecule has 106 valence electrons. The van der Waals surface area contributed by atoms with E-state index in [1.807, 2.05) is 18.2 Å². The zero-order valence-electron chi connectivity index (χ0n) is 12.3. The molecule has 0 saturated heterocycles. The summed E-state index contributed by atoms with van der Waals surface area (Å²) in [5, 5.41) is 4.11. The Morgan fingerprint density at radius 2 is 2.11 bits per heavy atom. The number of aromatic nitrogens is 1. The molecule has 0 aromatic carbocycles. The van der Waals surface area contributed by atoms with E-state index >= 15 is 0 Å². The summed E-state index contributed by atoms with van der Waals surface area (Å²) in [5.41, 5.74) is 0.934. The predicted molar refractivity (Wildman–Crippen MR) is 83.9 cm³/mol. The first kappa shape index (κ1) is 16.0. The smallest absolute Gasteiger partial charge is 0.129 e. The second-order valence-electron chi connectivity index (χ2n) is 5.53. The number of halogens is 1. The van der Waals surface area contributed by atoms with Crippen LogP contribution in [0, 0.1) is 0 Å². The number of anilines is 1. The lowest BCUT2D eigenvalue weighted by Crippen LogP contribution is -2.35. The molecule has 1 heterocycles. The van der Waals surface area contributed by atoms with E-state index in [-0.39, 0.29) is 5.54 Å². The minimum Gasteiger partial charge on any atom is -0.353 e. The number of hydrogen-bond donors (Lipinski definition) is 1. The maximum atomic E-state index is 6.21. The van der Waals surface area contributed by atoms with E-state index in [9.17, 15) is 0 Å². The van der Waals surface area contributed by atoms with Gasteiger partial charge in [-0.05, 0) is 39.8 Å². The maximum absolute atomic E-state index is 6.21. The van der Waals surface area contributed by atoms with Gasteiger partial charge in [-0.15, -0.1) is 6.58 Å². The summed E-state index contributed by atoms with van der Waals surface area (Å²) in [6.45, 7) is 14.6. The van der Waals surface area contributed by atoms with Gasteiger partial charge in [0.25, 0.3) is 0 Å². The van der Waals surface area contributed by atoms with Crippen molar-refractivity contribution in [2.24, 2.45) is 0 Å². The van der Waals surface area contributed by atoms with Gasteiger partial charge in [-0.3, -0.25) is 0 Å². The number of likely N-dealkylation sites (N-methyl/N-ethyl adjacent to an activating group) is 1. The Morgan fingerprint density at radius 3 is 2.63 bits per heavy atom. The fourth-order valence-electron chi connectivity index (χ4n) is 1.66. The minimum atomic E-state index is 0.0482. The van der Waals surface area contributed by atoms with E-state index in [4.69, 9.17) is 11.6 Å². The summed E-state index contributed by atoms with van der Waals surface area (Å²) in [5.74, 6) is 0.942. The molecule has 0 aliphatic carbocycles. The van der Waals surface area contributed by atoms with Gasteiger partial charge in [-0.2, -0.15) is 0 Å². The average molecular weight is 282 g/mol. The van der Waals surface area contributed by atoms with Gasteiger partial charge in [0.05, 0.1) is 10.7 Å². The molecule has 0 atom stereocenters. The van der Waals surface area contributed by atoms with Crippen LogP contribution in [-0.2, 0) is 6.54 Å². The van der Waals surface area contributed by atoms with E-state index in [2.05, 4.69) is 49.5 Å². The summed E-state index contributed by atoms with van der Waals surface area (Å²) in [6.07, 6.45) is 1.88. The van der Waals surface area contributed by atoms with Crippen molar-refractivity contribution in [1.29, 1.82) is 0 Å². The Morgan fingerprint density at radius 1 is 1.42 bits per heavy atom.